The van der Waals surface area contributed by atoms with Gasteiger partial charge >= 0.3 is 11.9 Å². The average molecular weight is 310 g/mol. The number of carbonyl (C=O) groups is 2. The molecule has 2 rings (SSSR count). The highest BCUT2D eigenvalue weighted by Crippen LogP contribution is 2.25. The molecule has 0 saturated heterocycles. The summed E-state index contributed by atoms with van der Waals surface area (Å²) in [6.07, 6.45) is 2.18. The first kappa shape index (κ1) is 16.0. The minimum atomic E-state index is -0.525. The number of benzene rings is 2. The van der Waals surface area contributed by atoms with Gasteiger partial charge in [-0.3, -0.25) is 0 Å². The van der Waals surface area contributed by atoms with Crippen molar-refractivity contribution in [1.29, 1.82) is 0 Å². The number of esters is 2. The molecule has 0 N–H and O–H groups in total. The quantitative estimate of drug-likeness (QED) is 0.463. The van der Waals surface area contributed by atoms with Crippen molar-refractivity contribution >= 4 is 11.9 Å². The molecule has 0 bridgehead atoms. The molecule has 0 heterocycles. The van der Waals surface area contributed by atoms with E-state index >= 15 is 0 Å². The molecule has 0 unspecified atom stereocenters. The zero-order valence-corrected chi connectivity index (χ0v) is 12.2. The van der Waals surface area contributed by atoms with Gasteiger partial charge in [0.05, 0.1) is 0 Å². The van der Waals surface area contributed by atoms with E-state index in [0.29, 0.717) is 23.0 Å². The minimum Gasteiger partial charge on any atom is -0.457 e. The zero-order chi connectivity index (χ0) is 16.7. The van der Waals surface area contributed by atoms with Gasteiger partial charge in [-0.1, -0.05) is 13.2 Å². The van der Waals surface area contributed by atoms with Gasteiger partial charge in [0.1, 0.15) is 23.0 Å². The van der Waals surface area contributed by atoms with E-state index in [1.54, 1.807) is 48.5 Å². The van der Waals surface area contributed by atoms with Crippen LogP contribution in [0.4, 0.5) is 0 Å². The summed E-state index contributed by atoms with van der Waals surface area (Å²) in [6, 6.07) is 13.1. The van der Waals surface area contributed by atoms with Crippen molar-refractivity contribution in [2.45, 2.75) is 0 Å². The number of hydrogen-bond acceptors (Lipinski definition) is 5. The monoisotopic (exact) mass is 310 g/mol. The molecule has 0 aromatic heterocycles. The Morgan fingerprint density at radius 2 is 0.957 bits per heavy atom. The van der Waals surface area contributed by atoms with E-state index in [9.17, 15) is 9.59 Å². The van der Waals surface area contributed by atoms with Gasteiger partial charge in [-0.2, -0.15) is 0 Å². The predicted octanol–water partition coefficient (Wildman–Crippen LogP) is 3.66. The van der Waals surface area contributed by atoms with E-state index in [1.807, 2.05) is 0 Å². The van der Waals surface area contributed by atoms with Crippen LogP contribution >= 0.6 is 0 Å². The first-order valence-corrected chi connectivity index (χ1v) is 6.67. The molecule has 0 fully saturated rings. The fraction of sp³-hybridized carbons (Fsp3) is 0. The van der Waals surface area contributed by atoms with Crippen LogP contribution < -0.4 is 14.2 Å². The van der Waals surface area contributed by atoms with Crippen LogP contribution in [0.2, 0.25) is 0 Å². The maximum atomic E-state index is 11.1. The number of ether oxygens (including phenoxy) is 3. The summed E-state index contributed by atoms with van der Waals surface area (Å²) in [5, 5.41) is 0. The minimum absolute atomic E-state index is 0.397. The van der Waals surface area contributed by atoms with Crippen molar-refractivity contribution in [3.63, 3.8) is 0 Å². The van der Waals surface area contributed by atoms with Gasteiger partial charge < -0.3 is 14.2 Å². The Morgan fingerprint density at radius 3 is 1.26 bits per heavy atom. The number of hydrogen-bond donors (Lipinski definition) is 0. The van der Waals surface area contributed by atoms with E-state index < -0.39 is 11.9 Å². The summed E-state index contributed by atoms with van der Waals surface area (Å²) in [5.41, 5.74) is 0. The lowest BCUT2D eigenvalue weighted by molar-refractivity contribution is -0.129. The molecule has 0 aliphatic rings. The highest BCUT2D eigenvalue weighted by Gasteiger charge is 2.03. The van der Waals surface area contributed by atoms with Crippen molar-refractivity contribution < 1.29 is 23.8 Å². The summed E-state index contributed by atoms with van der Waals surface area (Å²) < 4.78 is 15.6. The molecule has 0 spiro atoms. The Hall–Kier alpha value is -3.34. The zero-order valence-electron chi connectivity index (χ0n) is 12.2. The van der Waals surface area contributed by atoms with Crippen LogP contribution in [0, 0.1) is 0 Å². The molecule has 2 aromatic carbocycles. The SMILES string of the molecule is C=CC(=O)Oc1ccc(Oc2ccc(OC(=O)C=C)cc2)cc1. The number of rotatable bonds is 6. The van der Waals surface area contributed by atoms with Crippen molar-refractivity contribution in [3.05, 3.63) is 73.8 Å². The second-order valence-electron chi connectivity index (χ2n) is 4.30. The third-order valence-electron chi connectivity index (χ3n) is 2.65. The molecule has 23 heavy (non-hydrogen) atoms. The molecule has 0 aliphatic heterocycles. The fourth-order valence-corrected chi connectivity index (χ4v) is 1.60. The van der Waals surface area contributed by atoms with Crippen LogP contribution in [0.3, 0.4) is 0 Å². The van der Waals surface area contributed by atoms with Gasteiger partial charge in [-0.05, 0) is 48.5 Å². The smallest absolute Gasteiger partial charge is 0.335 e. The van der Waals surface area contributed by atoms with Crippen molar-refractivity contribution in [2.24, 2.45) is 0 Å². The van der Waals surface area contributed by atoms with E-state index in [0.717, 1.165) is 12.2 Å². The summed E-state index contributed by atoms with van der Waals surface area (Å²) in [4.78, 5) is 22.1. The van der Waals surface area contributed by atoms with Crippen LogP contribution in [0.1, 0.15) is 0 Å². The molecule has 116 valence electrons. The molecule has 0 atom stereocenters. The molecule has 0 saturated carbocycles. The highest BCUT2D eigenvalue weighted by atomic mass is 16.5. The van der Waals surface area contributed by atoms with Gasteiger partial charge in [-0.25, -0.2) is 9.59 Å². The van der Waals surface area contributed by atoms with Crippen molar-refractivity contribution in [1.82, 2.24) is 0 Å². The summed E-state index contributed by atoms with van der Waals surface area (Å²) >= 11 is 0. The van der Waals surface area contributed by atoms with Gasteiger partial charge in [0.2, 0.25) is 0 Å². The Balaban J connectivity index is 1.99. The molecular formula is C18H14O5. The van der Waals surface area contributed by atoms with Crippen molar-refractivity contribution in [3.8, 4) is 23.0 Å². The molecular weight excluding hydrogens is 296 g/mol. The Bertz CT molecular complexity index is 651. The van der Waals surface area contributed by atoms with Crippen LogP contribution in [0.25, 0.3) is 0 Å². The lowest BCUT2D eigenvalue weighted by atomic mass is 10.3. The highest BCUT2D eigenvalue weighted by molar-refractivity contribution is 5.83. The van der Waals surface area contributed by atoms with Gasteiger partial charge in [0, 0.05) is 12.2 Å². The van der Waals surface area contributed by atoms with Crippen LogP contribution in [0.5, 0.6) is 23.0 Å². The van der Waals surface area contributed by atoms with Crippen LogP contribution in [0.15, 0.2) is 73.8 Å². The first-order valence-electron chi connectivity index (χ1n) is 6.67. The van der Waals surface area contributed by atoms with Gasteiger partial charge in [-0.15, -0.1) is 0 Å². The lowest BCUT2D eigenvalue weighted by Crippen LogP contribution is -2.02. The van der Waals surface area contributed by atoms with E-state index in [-0.39, 0.29) is 0 Å². The Morgan fingerprint density at radius 1 is 0.652 bits per heavy atom. The topological polar surface area (TPSA) is 61.8 Å². The van der Waals surface area contributed by atoms with Gasteiger partial charge in [0.25, 0.3) is 0 Å². The largest absolute Gasteiger partial charge is 0.457 e. The molecule has 0 radical (unpaired) electrons. The second-order valence-corrected chi connectivity index (χ2v) is 4.30. The maximum Gasteiger partial charge on any atom is 0.335 e. The summed E-state index contributed by atoms with van der Waals surface area (Å²) in [5.74, 6) is 0.882. The third-order valence-corrected chi connectivity index (χ3v) is 2.65. The van der Waals surface area contributed by atoms with Crippen LogP contribution in [-0.4, -0.2) is 11.9 Å². The summed E-state index contributed by atoms with van der Waals surface area (Å²) in [6.45, 7) is 6.65. The lowest BCUT2D eigenvalue weighted by Gasteiger charge is -2.07. The molecule has 0 aliphatic carbocycles. The van der Waals surface area contributed by atoms with Crippen LogP contribution in [-0.2, 0) is 9.59 Å². The standard InChI is InChI=1S/C18H14O5/c1-3-17(19)22-15-9-5-13(6-10-15)21-14-7-11-16(12-8-14)23-18(20)4-2/h3-12H,1-2H2. The molecule has 0 amide bonds. The van der Waals surface area contributed by atoms with E-state index in [1.165, 1.54) is 0 Å². The van der Waals surface area contributed by atoms with E-state index in [4.69, 9.17) is 14.2 Å². The Labute approximate surface area is 133 Å². The van der Waals surface area contributed by atoms with Crippen molar-refractivity contribution in [2.75, 3.05) is 0 Å². The fourth-order valence-electron chi connectivity index (χ4n) is 1.60. The third kappa shape index (κ3) is 4.86. The predicted molar refractivity (Wildman–Crippen MR) is 84.6 cm³/mol. The van der Waals surface area contributed by atoms with E-state index in [2.05, 4.69) is 13.2 Å². The summed E-state index contributed by atoms with van der Waals surface area (Å²) in [7, 11) is 0. The van der Waals surface area contributed by atoms with Gasteiger partial charge in [0.15, 0.2) is 0 Å². The first-order chi connectivity index (χ1) is 11.1. The molecule has 2 aromatic rings. The average Bonchev–Trinajstić information content (AvgIpc) is 2.58. The Kier molecular flexibility index (Phi) is 5.30. The molecule has 5 heteroatoms. The second kappa shape index (κ2) is 7.61. The normalized spacial score (nSPS) is 9.57. The number of carbonyl (C=O) groups excluding carboxylic acids is 2. The molecule has 5 nitrogen and oxygen atoms in total. The maximum absolute atomic E-state index is 11.1.